The van der Waals surface area contributed by atoms with Crippen molar-refractivity contribution >= 4 is 12.1 Å². The Hall–Kier alpha value is -1.26. The van der Waals surface area contributed by atoms with E-state index in [1.807, 2.05) is 20.8 Å². The van der Waals surface area contributed by atoms with Crippen molar-refractivity contribution in [1.82, 2.24) is 5.32 Å². The first kappa shape index (κ1) is 15.6. The summed E-state index contributed by atoms with van der Waals surface area (Å²) < 4.78 is 11.0. The second-order valence-electron chi connectivity index (χ2n) is 8.24. The lowest BCUT2D eigenvalue weighted by molar-refractivity contribution is -0.148. The highest BCUT2D eigenvalue weighted by Crippen LogP contribution is 2.52. The molecule has 1 spiro atoms. The molecule has 0 bridgehead atoms. The Morgan fingerprint density at radius 2 is 2.00 bits per heavy atom. The van der Waals surface area contributed by atoms with Gasteiger partial charge in [0.2, 0.25) is 0 Å². The number of fused-ring (bicyclic) bond motifs is 1. The van der Waals surface area contributed by atoms with Gasteiger partial charge < -0.3 is 14.8 Å². The van der Waals surface area contributed by atoms with Gasteiger partial charge in [0.05, 0.1) is 0 Å². The second kappa shape index (κ2) is 5.43. The van der Waals surface area contributed by atoms with Gasteiger partial charge in [0.25, 0.3) is 0 Å². The van der Waals surface area contributed by atoms with E-state index in [9.17, 15) is 9.59 Å². The number of carbonyl (C=O) groups is 2. The Bertz CT molecular complexity index is 470. The summed E-state index contributed by atoms with van der Waals surface area (Å²) in [7, 11) is 0. The molecule has 3 fully saturated rings. The van der Waals surface area contributed by atoms with Crippen molar-refractivity contribution in [1.29, 1.82) is 0 Å². The summed E-state index contributed by atoms with van der Waals surface area (Å²) in [5.41, 5.74) is -0.649. The summed E-state index contributed by atoms with van der Waals surface area (Å²) in [6, 6.07) is 0.184. The van der Waals surface area contributed by atoms with E-state index >= 15 is 0 Å². The molecular weight excluding hydrogens is 282 g/mol. The van der Waals surface area contributed by atoms with Gasteiger partial charge in [-0.1, -0.05) is 0 Å². The van der Waals surface area contributed by atoms with Gasteiger partial charge in [0.15, 0.2) is 0 Å². The highest BCUT2D eigenvalue weighted by molar-refractivity contribution is 5.72. The largest absolute Gasteiger partial charge is 0.459 e. The van der Waals surface area contributed by atoms with E-state index in [1.54, 1.807) is 0 Å². The molecule has 5 nitrogen and oxygen atoms in total. The Labute approximate surface area is 132 Å². The molecule has 0 aromatic rings. The molecule has 124 valence electrons. The number of nitrogens with one attached hydrogen (secondary N) is 1. The number of carbonyl (C=O) groups excluding carboxylic acids is 2. The Morgan fingerprint density at radius 1 is 1.27 bits per heavy atom. The Balaban J connectivity index is 1.54. The molecule has 1 N–H and O–H groups in total. The molecule has 1 heterocycles. The number of rotatable bonds is 1. The highest BCUT2D eigenvalue weighted by atomic mass is 16.6. The quantitative estimate of drug-likeness (QED) is 0.756. The molecule has 2 aliphatic carbocycles. The zero-order valence-electron chi connectivity index (χ0n) is 13.8. The fourth-order valence-corrected chi connectivity index (χ4v) is 4.45. The molecule has 2 saturated carbocycles. The fraction of sp³-hybridized carbons (Fsp3) is 0.882. The minimum absolute atomic E-state index is 0.0397. The molecule has 0 aromatic heterocycles. The van der Waals surface area contributed by atoms with E-state index in [2.05, 4.69) is 5.32 Å². The van der Waals surface area contributed by atoms with Gasteiger partial charge in [0.1, 0.15) is 11.2 Å². The third kappa shape index (κ3) is 3.39. The van der Waals surface area contributed by atoms with Gasteiger partial charge >= 0.3 is 12.1 Å². The summed E-state index contributed by atoms with van der Waals surface area (Å²) in [6.07, 6.45) is 6.18. The van der Waals surface area contributed by atoms with Crippen molar-refractivity contribution < 1.29 is 19.1 Å². The molecule has 0 aromatic carbocycles. The molecule has 1 amide bonds. The van der Waals surface area contributed by atoms with Gasteiger partial charge in [-0.15, -0.1) is 0 Å². The predicted octanol–water partition coefficient (Wildman–Crippen LogP) is 3.17. The number of amides is 1. The van der Waals surface area contributed by atoms with E-state index in [1.165, 1.54) is 0 Å². The number of hydrogen-bond donors (Lipinski definition) is 1. The number of alkyl carbamates (subject to hydrolysis) is 1. The summed E-state index contributed by atoms with van der Waals surface area (Å²) >= 11 is 0. The monoisotopic (exact) mass is 309 g/mol. The van der Waals surface area contributed by atoms with Gasteiger partial charge in [0, 0.05) is 12.5 Å². The average Bonchev–Trinajstić information content (AvgIpc) is 2.89. The molecule has 0 radical (unpaired) electrons. The first-order valence-electron chi connectivity index (χ1n) is 8.46. The lowest BCUT2D eigenvalue weighted by Crippen LogP contribution is -2.42. The lowest BCUT2D eigenvalue weighted by atomic mass is 9.79. The summed E-state index contributed by atoms with van der Waals surface area (Å²) in [6.45, 7) is 5.62. The van der Waals surface area contributed by atoms with Crippen LogP contribution in [0.25, 0.3) is 0 Å². The fourth-order valence-electron chi connectivity index (χ4n) is 4.45. The van der Waals surface area contributed by atoms with Crippen LogP contribution in [0.2, 0.25) is 0 Å². The van der Waals surface area contributed by atoms with Gasteiger partial charge in [-0.25, -0.2) is 4.79 Å². The van der Waals surface area contributed by atoms with Crippen molar-refractivity contribution in [3.63, 3.8) is 0 Å². The van der Waals surface area contributed by atoms with E-state index in [-0.39, 0.29) is 23.7 Å². The van der Waals surface area contributed by atoms with Crippen molar-refractivity contribution in [3.8, 4) is 0 Å². The topological polar surface area (TPSA) is 64.6 Å². The molecular formula is C17H27NO4. The van der Waals surface area contributed by atoms with Crippen molar-refractivity contribution in [2.24, 2.45) is 11.8 Å². The van der Waals surface area contributed by atoms with E-state index < -0.39 is 5.60 Å². The third-order valence-corrected chi connectivity index (χ3v) is 5.24. The molecule has 3 rings (SSSR count). The van der Waals surface area contributed by atoms with Crippen molar-refractivity contribution in [2.45, 2.75) is 83.0 Å². The number of hydrogen-bond acceptors (Lipinski definition) is 4. The SMILES string of the molecule is CC(C)(C)OC(=O)NC1CCC2CC3(CCC(=O)O3)C[C@@H]2C1. The maximum atomic E-state index is 11.9. The predicted molar refractivity (Wildman–Crippen MR) is 81.3 cm³/mol. The third-order valence-electron chi connectivity index (χ3n) is 5.24. The number of esters is 1. The van der Waals surface area contributed by atoms with Crippen LogP contribution in [0.15, 0.2) is 0 Å². The van der Waals surface area contributed by atoms with Crippen LogP contribution in [0.5, 0.6) is 0 Å². The van der Waals surface area contributed by atoms with Crippen LogP contribution in [-0.4, -0.2) is 29.3 Å². The van der Waals surface area contributed by atoms with Crippen LogP contribution in [-0.2, 0) is 14.3 Å². The lowest BCUT2D eigenvalue weighted by Gasteiger charge is -2.32. The summed E-state index contributed by atoms with van der Waals surface area (Å²) in [5, 5.41) is 3.01. The van der Waals surface area contributed by atoms with Gasteiger partial charge in [-0.2, -0.15) is 0 Å². The standard InChI is InChI=1S/C17H27NO4/c1-16(2,3)22-15(20)18-13-5-4-11-9-17(10-12(11)8-13)7-6-14(19)21-17/h11-13H,4-10H2,1-3H3,(H,18,20)/t11?,12-,13?,17?/m0/s1. The zero-order valence-corrected chi connectivity index (χ0v) is 13.8. The average molecular weight is 309 g/mol. The molecule has 3 unspecified atom stereocenters. The van der Waals surface area contributed by atoms with Crippen LogP contribution in [0, 0.1) is 11.8 Å². The first-order valence-corrected chi connectivity index (χ1v) is 8.46. The normalized spacial score (nSPS) is 37.8. The van der Waals surface area contributed by atoms with E-state index in [0.717, 1.165) is 38.5 Å². The molecule has 1 saturated heterocycles. The first-order chi connectivity index (χ1) is 10.2. The van der Waals surface area contributed by atoms with E-state index in [4.69, 9.17) is 9.47 Å². The minimum atomic E-state index is -0.462. The Morgan fingerprint density at radius 3 is 2.64 bits per heavy atom. The van der Waals surface area contributed by atoms with Crippen LogP contribution < -0.4 is 5.32 Å². The van der Waals surface area contributed by atoms with E-state index in [0.29, 0.717) is 18.3 Å². The molecule has 22 heavy (non-hydrogen) atoms. The van der Waals surface area contributed by atoms with Crippen LogP contribution in [0.3, 0.4) is 0 Å². The van der Waals surface area contributed by atoms with Crippen molar-refractivity contribution in [3.05, 3.63) is 0 Å². The molecule has 3 aliphatic rings. The van der Waals surface area contributed by atoms with Crippen LogP contribution in [0.4, 0.5) is 4.79 Å². The Kier molecular flexibility index (Phi) is 3.86. The smallest absolute Gasteiger partial charge is 0.407 e. The van der Waals surface area contributed by atoms with Gasteiger partial charge in [-0.05, 0) is 71.1 Å². The number of ether oxygens (including phenoxy) is 2. The molecule has 4 atom stereocenters. The summed E-state index contributed by atoms with van der Waals surface area (Å²) in [4.78, 5) is 23.4. The molecule has 1 aliphatic heterocycles. The highest BCUT2D eigenvalue weighted by Gasteiger charge is 2.52. The van der Waals surface area contributed by atoms with Crippen molar-refractivity contribution in [2.75, 3.05) is 0 Å². The van der Waals surface area contributed by atoms with Gasteiger partial charge in [-0.3, -0.25) is 4.79 Å². The maximum absolute atomic E-state index is 11.9. The maximum Gasteiger partial charge on any atom is 0.407 e. The summed E-state index contributed by atoms with van der Waals surface area (Å²) in [5.74, 6) is 1.16. The zero-order chi connectivity index (χ0) is 16.0. The minimum Gasteiger partial charge on any atom is -0.459 e. The van der Waals surface area contributed by atoms with Crippen LogP contribution in [0.1, 0.15) is 65.7 Å². The van der Waals surface area contributed by atoms with Crippen LogP contribution >= 0.6 is 0 Å². The second-order valence-corrected chi connectivity index (χ2v) is 8.24. The molecule has 5 heteroatoms.